The number of aliphatic carboxylic acids is 1. The molecule has 0 aliphatic rings. The summed E-state index contributed by atoms with van der Waals surface area (Å²) in [6.07, 6.45) is 1.46. The van der Waals surface area contributed by atoms with Crippen molar-refractivity contribution in [2.24, 2.45) is 0 Å². The summed E-state index contributed by atoms with van der Waals surface area (Å²) in [5, 5.41) is 17.0. The largest absolute Gasteiger partial charge is 0.480 e. The van der Waals surface area contributed by atoms with Crippen LogP contribution in [-0.2, 0) is 65.9 Å². The molecule has 0 unspecified atom stereocenters. The fourth-order valence-electron chi connectivity index (χ4n) is 3.42. The van der Waals surface area contributed by atoms with E-state index in [-0.39, 0.29) is 50.4 Å². The lowest BCUT2D eigenvalue weighted by molar-refractivity contribution is -0.146. The molecule has 0 bridgehead atoms. The minimum atomic E-state index is -0.939. The van der Waals surface area contributed by atoms with Gasteiger partial charge in [-0.25, -0.2) is 0 Å². The zero-order chi connectivity index (χ0) is 28.8. The first-order valence-electron chi connectivity index (χ1n) is 12.2. The predicted octanol–water partition coefficient (Wildman–Crippen LogP) is 2.42. The molecule has 0 saturated heterocycles. The second-order valence-electron chi connectivity index (χ2n) is 8.56. The van der Waals surface area contributed by atoms with E-state index in [2.05, 4.69) is 19.7 Å². The molecule has 2 aromatic heterocycles. The summed E-state index contributed by atoms with van der Waals surface area (Å²) in [4.78, 5) is 44.5. The van der Waals surface area contributed by atoms with Crippen molar-refractivity contribution in [2.45, 2.75) is 59.2 Å². The molecule has 39 heavy (non-hydrogen) atoms. The van der Waals surface area contributed by atoms with Gasteiger partial charge in [0.25, 0.3) is 0 Å². The Labute approximate surface area is 226 Å². The molecule has 0 radical (unpaired) electrons. The third-order valence-corrected chi connectivity index (χ3v) is 5.50. The van der Waals surface area contributed by atoms with Crippen LogP contribution in [0.2, 0.25) is 0 Å². The van der Waals surface area contributed by atoms with Crippen LogP contribution in [0.5, 0.6) is 0 Å². The van der Waals surface area contributed by atoms with Gasteiger partial charge >= 0.3 is 23.9 Å². The molecule has 3 rings (SSSR count). The van der Waals surface area contributed by atoms with Crippen molar-refractivity contribution in [3.63, 3.8) is 0 Å². The van der Waals surface area contributed by atoms with Crippen molar-refractivity contribution >= 4 is 23.9 Å². The van der Waals surface area contributed by atoms with Gasteiger partial charge in [0, 0.05) is 24.2 Å². The van der Waals surface area contributed by atoms with Gasteiger partial charge in [-0.2, -0.15) is 10.2 Å². The van der Waals surface area contributed by atoms with E-state index in [0.29, 0.717) is 18.5 Å². The Bertz CT molecular complexity index is 1250. The van der Waals surface area contributed by atoms with Crippen LogP contribution in [0.4, 0.5) is 0 Å². The number of hydrogen-bond donors (Lipinski definition) is 1. The van der Waals surface area contributed by atoms with Gasteiger partial charge < -0.3 is 19.3 Å². The zero-order valence-corrected chi connectivity index (χ0v) is 22.6. The number of aromatic nitrogens is 4. The van der Waals surface area contributed by atoms with Crippen LogP contribution < -0.4 is 0 Å². The number of methoxy groups -OCH3 is 2. The number of carbonyl (C=O) groups excluding carboxylic acids is 3. The third-order valence-electron chi connectivity index (χ3n) is 5.50. The fourth-order valence-corrected chi connectivity index (χ4v) is 3.42. The molecule has 2 heterocycles. The monoisotopic (exact) mass is 542 g/mol. The Morgan fingerprint density at radius 3 is 1.72 bits per heavy atom. The number of esters is 3. The molecule has 0 saturated carbocycles. The standard InChI is InChI=1S/C17H20N2O4.C10H14N2O4/c1-13-10-15(8-9-16(20)22-2)18-19(13)11-17(21)23-12-14-6-4-3-5-7-14;1-7-5-8(3-4-10(15)16-2)11-12(7)6-9(13)14/h3-7,10H,8-9,11-12H2,1-2H3;5H,3-4,6H2,1-2H3,(H,13,14). The van der Waals surface area contributed by atoms with Crippen LogP contribution in [0.25, 0.3) is 0 Å². The molecule has 0 amide bonds. The molecular weight excluding hydrogens is 508 g/mol. The summed E-state index contributed by atoms with van der Waals surface area (Å²) in [6, 6.07) is 13.1. The number of ether oxygens (including phenoxy) is 3. The first kappa shape index (κ1) is 30.7. The first-order valence-corrected chi connectivity index (χ1v) is 12.2. The Hall–Kier alpha value is -4.48. The van der Waals surface area contributed by atoms with Crippen LogP contribution in [0.15, 0.2) is 42.5 Å². The molecule has 1 N–H and O–H groups in total. The van der Waals surface area contributed by atoms with Crippen LogP contribution >= 0.6 is 0 Å². The number of benzene rings is 1. The maximum absolute atomic E-state index is 11.9. The van der Waals surface area contributed by atoms with Gasteiger partial charge in [0.2, 0.25) is 0 Å². The summed E-state index contributed by atoms with van der Waals surface area (Å²) in [5.74, 6) is -1.87. The van der Waals surface area contributed by atoms with Crippen molar-refractivity contribution in [1.29, 1.82) is 0 Å². The van der Waals surface area contributed by atoms with Gasteiger partial charge in [0.1, 0.15) is 19.7 Å². The quantitative estimate of drug-likeness (QED) is 0.267. The SMILES string of the molecule is COC(=O)CCc1cc(C)n(CC(=O)O)n1.COC(=O)CCc1cc(C)n(CC(=O)OCc2ccccc2)n1. The second-order valence-corrected chi connectivity index (χ2v) is 8.56. The highest BCUT2D eigenvalue weighted by atomic mass is 16.5. The topological polar surface area (TPSA) is 152 Å². The molecular formula is C27H34N4O8. The van der Waals surface area contributed by atoms with Crippen molar-refractivity contribution in [3.8, 4) is 0 Å². The molecule has 0 fully saturated rings. The van der Waals surface area contributed by atoms with E-state index >= 15 is 0 Å². The molecule has 0 aliphatic heterocycles. The second kappa shape index (κ2) is 15.7. The number of aryl methyl sites for hydroxylation is 4. The van der Waals surface area contributed by atoms with Gasteiger partial charge in [-0.05, 0) is 31.5 Å². The van der Waals surface area contributed by atoms with E-state index in [4.69, 9.17) is 9.84 Å². The number of carbonyl (C=O) groups is 4. The molecule has 3 aromatic rings. The zero-order valence-electron chi connectivity index (χ0n) is 22.6. The van der Waals surface area contributed by atoms with E-state index < -0.39 is 5.97 Å². The van der Waals surface area contributed by atoms with Gasteiger partial charge in [-0.3, -0.25) is 28.5 Å². The molecule has 1 aromatic carbocycles. The molecule has 210 valence electrons. The average Bonchev–Trinajstić information content (AvgIpc) is 3.45. The average molecular weight is 543 g/mol. The van der Waals surface area contributed by atoms with Crippen molar-refractivity contribution in [3.05, 3.63) is 70.8 Å². The Morgan fingerprint density at radius 2 is 1.26 bits per heavy atom. The van der Waals surface area contributed by atoms with Crippen molar-refractivity contribution in [2.75, 3.05) is 14.2 Å². The molecule has 0 aliphatic carbocycles. The number of hydrogen-bond acceptors (Lipinski definition) is 9. The number of rotatable bonds is 12. The predicted molar refractivity (Wildman–Crippen MR) is 138 cm³/mol. The van der Waals surface area contributed by atoms with E-state index in [1.54, 1.807) is 17.7 Å². The summed E-state index contributed by atoms with van der Waals surface area (Å²) in [7, 11) is 2.69. The summed E-state index contributed by atoms with van der Waals surface area (Å²) in [5.41, 5.74) is 4.01. The lowest BCUT2D eigenvalue weighted by atomic mass is 10.2. The summed E-state index contributed by atoms with van der Waals surface area (Å²) in [6.45, 7) is 3.77. The highest BCUT2D eigenvalue weighted by Crippen LogP contribution is 2.08. The highest BCUT2D eigenvalue weighted by Gasteiger charge is 2.12. The normalized spacial score (nSPS) is 10.3. The van der Waals surface area contributed by atoms with Gasteiger partial charge in [-0.15, -0.1) is 0 Å². The van der Waals surface area contributed by atoms with Crippen LogP contribution in [0.1, 0.15) is 41.2 Å². The van der Waals surface area contributed by atoms with E-state index in [1.165, 1.54) is 18.9 Å². The molecule has 12 nitrogen and oxygen atoms in total. The smallest absolute Gasteiger partial charge is 0.328 e. The van der Waals surface area contributed by atoms with E-state index in [1.807, 2.05) is 43.3 Å². The Kier molecular flexibility index (Phi) is 12.4. The van der Waals surface area contributed by atoms with Gasteiger partial charge in [-0.1, -0.05) is 30.3 Å². The summed E-state index contributed by atoms with van der Waals surface area (Å²) < 4.78 is 17.3. The van der Waals surface area contributed by atoms with Crippen LogP contribution in [0, 0.1) is 13.8 Å². The fraction of sp³-hybridized carbons (Fsp3) is 0.407. The number of nitrogens with zero attached hydrogens (tertiary/aromatic N) is 4. The van der Waals surface area contributed by atoms with Gasteiger partial charge in [0.15, 0.2) is 0 Å². The first-order chi connectivity index (χ1) is 18.6. The molecule has 0 atom stereocenters. The van der Waals surface area contributed by atoms with E-state index in [0.717, 1.165) is 22.6 Å². The summed E-state index contributed by atoms with van der Waals surface area (Å²) >= 11 is 0. The maximum Gasteiger partial charge on any atom is 0.328 e. The van der Waals surface area contributed by atoms with Crippen molar-refractivity contribution < 1.29 is 38.5 Å². The minimum Gasteiger partial charge on any atom is -0.480 e. The van der Waals surface area contributed by atoms with Gasteiger partial charge in [0.05, 0.1) is 38.4 Å². The molecule has 12 heteroatoms. The van der Waals surface area contributed by atoms with E-state index in [9.17, 15) is 19.2 Å². The lowest BCUT2D eigenvalue weighted by Gasteiger charge is -2.06. The third kappa shape index (κ3) is 11.2. The highest BCUT2D eigenvalue weighted by molar-refractivity contribution is 5.70. The lowest BCUT2D eigenvalue weighted by Crippen LogP contribution is -2.15. The molecule has 0 spiro atoms. The van der Waals surface area contributed by atoms with Crippen LogP contribution in [-0.4, -0.2) is 62.8 Å². The number of carboxylic acids is 1. The maximum atomic E-state index is 11.9. The number of carboxylic acid groups (broad SMARTS) is 1. The Morgan fingerprint density at radius 1 is 0.769 bits per heavy atom. The van der Waals surface area contributed by atoms with Crippen molar-refractivity contribution in [1.82, 2.24) is 19.6 Å². The Balaban J connectivity index is 0.000000293. The van der Waals surface area contributed by atoms with Crippen LogP contribution in [0.3, 0.4) is 0 Å². The minimum absolute atomic E-state index is 0.0525.